The van der Waals surface area contributed by atoms with E-state index in [-0.39, 0.29) is 22.4 Å². The molecule has 1 unspecified atom stereocenters. The van der Waals surface area contributed by atoms with Gasteiger partial charge in [0.15, 0.2) is 0 Å². The molecular weight excluding hydrogens is 545 g/mol. The molecule has 4 aromatic carbocycles. The normalized spacial score (nSPS) is 12.9. The second-order valence-corrected chi connectivity index (χ2v) is 11.8. The van der Waals surface area contributed by atoms with Gasteiger partial charge in [-0.3, -0.25) is 4.99 Å². The number of halogens is 5. The zero-order valence-corrected chi connectivity index (χ0v) is 22.7. The van der Waals surface area contributed by atoms with E-state index in [0.717, 1.165) is 34.8 Å². The monoisotopic (exact) mass is 571 g/mol. The molecule has 0 aromatic heterocycles. The lowest BCUT2D eigenvalue weighted by Gasteiger charge is -2.19. The Balaban J connectivity index is 1.66. The van der Waals surface area contributed by atoms with E-state index in [4.69, 9.17) is 4.99 Å². The molecule has 0 fully saturated rings. The van der Waals surface area contributed by atoms with Crippen LogP contribution in [0.5, 0.6) is 0 Å². The van der Waals surface area contributed by atoms with Crippen molar-refractivity contribution in [2.45, 2.75) is 35.4 Å². The minimum Gasteiger partial charge on any atom is -0.253 e. The predicted molar refractivity (Wildman–Crippen MR) is 152 cm³/mol. The standard InChI is InChI=1S/C31H26F5NS2/c1-21-7-12-25(13-8-21)37-29(27-16-9-23(19-28(27)33)31(34,35)36)20-30(39-26-14-10-24(32)11-15-26)38-18-17-22-5-3-2-4-6-22/h2-16,19,30H,17-18,20H2,1H3. The van der Waals surface area contributed by atoms with Crippen molar-refractivity contribution in [1.82, 2.24) is 0 Å². The first kappa shape index (κ1) is 28.9. The van der Waals surface area contributed by atoms with E-state index in [0.29, 0.717) is 17.5 Å². The number of rotatable bonds is 10. The Hall–Kier alpha value is -3.10. The van der Waals surface area contributed by atoms with Crippen molar-refractivity contribution in [3.8, 4) is 0 Å². The van der Waals surface area contributed by atoms with Crippen molar-refractivity contribution < 1.29 is 22.0 Å². The van der Waals surface area contributed by atoms with E-state index in [2.05, 4.69) is 0 Å². The van der Waals surface area contributed by atoms with Crippen LogP contribution in [0.4, 0.5) is 27.6 Å². The summed E-state index contributed by atoms with van der Waals surface area (Å²) in [4.78, 5) is 5.52. The van der Waals surface area contributed by atoms with E-state index in [1.807, 2.05) is 49.4 Å². The van der Waals surface area contributed by atoms with Crippen LogP contribution in [0.15, 0.2) is 107 Å². The van der Waals surface area contributed by atoms with Crippen LogP contribution in [0, 0.1) is 18.6 Å². The van der Waals surface area contributed by atoms with Crippen LogP contribution in [-0.2, 0) is 12.6 Å². The molecule has 39 heavy (non-hydrogen) atoms. The summed E-state index contributed by atoms with van der Waals surface area (Å²) in [6.07, 6.45) is -3.56. The van der Waals surface area contributed by atoms with Crippen LogP contribution >= 0.6 is 23.5 Å². The highest BCUT2D eigenvalue weighted by Gasteiger charge is 2.31. The van der Waals surface area contributed by atoms with Gasteiger partial charge in [-0.25, -0.2) is 8.78 Å². The number of aliphatic imine (C=N–C) groups is 1. The lowest BCUT2D eigenvalue weighted by Crippen LogP contribution is -2.13. The van der Waals surface area contributed by atoms with Crippen LogP contribution in [-0.4, -0.2) is 16.0 Å². The number of benzene rings is 4. The van der Waals surface area contributed by atoms with Crippen LogP contribution in [0.2, 0.25) is 0 Å². The summed E-state index contributed by atoms with van der Waals surface area (Å²) in [5.74, 6) is -0.563. The van der Waals surface area contributed by atoms with E-state index < -0.39 is 17.6 Å². The average molecular weight is 572 g/mol. The van der Waals surface area contributed by atoms with Crippen molar-refractivity contribution in [2.75, 3.05) is 5.75 Å². The fourth-order valence-electron chi connectivity index (χ4n) is 3.83. The molecule has 0 spiro atoms. The van der Waals surface area contributed by atoms with Gasteiger partial charge in [0.1, 0.15) is 11.6 Å². The Morgan fingerprint density at radius 3 is 2.18 bits per heavy atom. The molecule has 0 saturated carbocycles. The molecule has 0 bridgehead atoms. The molecular formula is C31H26F5NS2. The van der Waals surface area contributed by atoms with Gasteiger partial charge >= 0.3 is 6.18 Å². The first-order chi connectivity index (χ1) is 18.7. The van der Waals surface area contributed by atoms with Gasteiger partial charge in [0.2, 0.25) is 0 Å². The Morgan fingerprint density at radius 1 is 0.846 bits per heavy atom. The topological polar surface area (TPSA) is 12.4 Å². The molecule has 1 atom stereocenters. The lowest BCUT2D eigenvalue weighted by molar-refractivity contribution is -0.137. The first-order valence-corrected chi connectivity index (χ1v) is 14.2. The minimum atomic E-state index is -4.65. The molecule has 1 nitrogen and oxygen atoms in total. The van der Waals surface area contributed by atoms with Gasteiger partial charge in [-0.1, -0.05) is 48.0 Å². The summed E-state index contributed by atoms with van der Waals surface area (Å²) >= 11 is 3.15. The maximum atomic E-state index is 15.2. The summed E-state index contributed by atoms with van der Waals surface area (Å²) in [5, 5.41) is 0. The largest absolute Gasteiger partial charge is 0.416 e. The predicted octanol–water partition coefficient (Wildman–Crippen LogP) is 9.90. The van der Waals surface area contributed by atoms with Gasteiger partial charge in [-0.05, 0) is 79.3 Å². The zero-order chi connectivity index (χ0) is 27.8. The molecule has 8 heteroatoms. The van der Waals surface area contributed by atoms with Crippen molar-refractivity contribution in [3.63, 3.8) is 0 Å². The van der Waals surface area contributed by atoms with Crippen molar-refractivity contribution in [3.05, 3.63) is 131 Å². The number of hydrogen-bond acceptors (Lipinski definition) is 3. The third-order valence-corrected chi connectivity index (χ3v) is 8.53. The first-order valence-electron chi connectivity index (χ1n) is 12.3. The van der Waals surface area contributed by atoms with Gasteiger partial charge in [-0.2, -0.15) is 13.2 Å². The molecule has 202 valence electrons. The smallest absolute Gasteiger partial charge is 0.253 e. The number of aryl methyl sites for hydroxylation is 2. The maximum absolute atomic E-state index is 15.2. The Morgan fingerprint density at radius 2 is 1.54 bits per heavy atom. The molecule has 0 aliphatic rings. The molecule has 4 rings (SSSR count). The Kier molecular flexibility index (Phi) is 9.86. The molecule has 0 aliphatic carbocycles. The van der Waals surface area contributed by atoms with Gasteiger partial charge in [0.05, 0.1) is 21.5 Å². The summed E-state index contributed by atoms with van der Waals surface area (Å²) < 4.78 is 68.2. The third kappa shape index (κ3) is 8.70. The highest BCUT2D eigenvalue weighted by Crippen LogP contribution is 2.36. The zero-order valence-electron chi connectivity index (χ0n) is 21.1. The number of hydrogen-bond donors (Lipinski definition) is 0. The van der Waals surface area contributed by atoms with E-state index in [1.165, 1.54) is 29.5 Å². The van der Waals surface area contributed by atoms with Gasteiger partial charge in [0.25, 0.3) is 0 Å². The van der Waals surface area contributed by atoms with E-state index in [1.54, 1.807) is 36.0 Å². The number of nitrogens with zero attached hydrogens (tertiary/aromatic N) is 1. The van der Waals surface area contributed by atoms with Crippen molar-refractivity contribution >= 4 is 34.9 Å². The molecule has 0 amide bonds. The van der Waals surface area contributed by atoms with Crippen molar-refractivity contribution in [1.29, 1.82) is 0 Å². The summed E-state index contributed by atoms with van der Waals surface area (Å²) in [6, 6.07) is 26.0. The van der Waals surface area contributed by atoms with Crippen LogP contribution in [0.25, 0.3) is 0 Å². The van der Waals surface area contributed by atoms with Crippen LogP contribution < -0.4 is 0 Å². The summed E-state index contributed by atoms with van der Waals surface area (Å²) in [6.45, 7) is 1.93. The fraction of sp³-hybridized carbons (Fsp3) is 0.194. The third-order valence-electron chi connectivity index (χ3n) is 5.88. The van der Waals surface area contributed by atoms with Gasteiger partial charge in [-0.15, -0.1) is 23.5 Å². The van der Waals surface area contributed by atoms with Crippen molar-refractivity contribution in [2.24, 2.45) is 4.99 Å². The van der Waals surface area contributed by atoms with Gasteiger partial charge in [0, 0.05) is 16.9 Å². The number of alkyl halides is 3. The second-order valence-electron chi connectivity index (χ2n) is 8.90. The van der Waals surface area contributed by atoms with E-state index >= 15 is 4.39 Å². The molecule has 0 N–H and O–H groups in total. The Bertz CT molecular complexity index is 1390. The van der Waals surface area contributed by atoms with Crippen LogP contribution in [0.3, 0.4) is 0 Å². The minimum absolute atomic E-state index is 0.0249. The summed E-state index contributed by atoms with van der Waals surface area (Å²) in [7, 11) is 0. The molecule has 0 aliphatic heterocycles. The highest BCUT2D eigenvalue weighted by molar-refractivity contribution is 8.17. The number of thioether (sulfide) groups is 2. The fourth-order valence-corrected chi connectivity index (χ4v) is 6.45. The SMILES string of the molecule is Cc1ccc(N=C(CC(SCCc2ccccc2)Sc2ccc(F)cc2)c2ccc(C(F)(F)F)cc2F)cc1. The quantitative estimate of drug-likeness (QED) is 0.0813. The molecule has 0 saturated heterocycles. The molecule has 0 radical (unpaired) electrons. The average Bonchev–Trinajstić information content (AvgIpc) is 2.91. The summed E-state index contributed by atoms with van der Waals surface area (Å²) in [5.41, 5.74) is 2.10. The van der Waals surface area contributed by atoms with Gasteiger partial charge < -0.3 is 0 Å². The maximum Gasteiger partial charge on any atom is 0.416 e. The Labute approximate surface area is 233 Å². The van der Waals surface area contributed by atoms with E-state index in [9.17, 15) is 17.6 Å². The lowest BCUT2D eigenvalue weighted by atomic mass is 10.0. The highest BCUT2D eigenvalue weighted by atomic mass is 32.2. The second kappa shape index (κ2) is 13.3. The molecule has 4 aromatic rings. The molecule has 0 heterocycles. The van der Waals surface area contributed by atoms with Crippen LogP contribution in [0.1, 0.15) is 28.7 Å².